The molecule has 3 rings (SSSR count). The number of anilines is 1. The van der Waals surface area contributed by atoms with Gasteiger partial charge in [-0.25, -0.2) is 0 Å². The number of nitrogens with zero attached hydrogens (tertiary/aromatic N) is 1. The Hall–Kier alpha value is -1.70. The lowest BCUT2D eigenvalue weighted by Crippen LogP contribution is -2.50. The van der Waals surface area contributed by atoms with Crippen LogP contribution in [0.4, 0.5) is 5.69 Å². The molecule has 1 unspecified atom stereocenters. The van der Waals surface area contributed by atoms with Gasteiger partial charge in [-0.05, 0) is 57.0 Å². The van der Waals surface area contributed by atoms with Crippen LogP contribution in [0.2, 0.25) is 0 Å². The molecule has 144 valence electrons. The van der Waals surface area contributed by atoms with Crippen LogP contribution in [0.25, 0.3) is 0 Å². The third kappa shape index (κ3) is 5.40. The summed E-state index contributed by atoms with van der Waals surface area (Å²) in [6.45, 7) is 5.52. The van der Waals surface area contributed by atoms with Crippen molar-refractivity contribution in [2.45, 2.75) is 38.8 Å². The molecular formula is C20H24BrN3O2S. The molecule has 2 N–H and O–H groups in total. The number of amides is 2. The minimum atomic E-state index is -0.208. The Morgan fingerprint density at radius 3 is 2.59 bits per heavy atom. The number of nitrogens with one attached hydrogen (secondary N) is 2. The molecule has 1 atom stereocenters. The highest BCUT2D eigenvalue weighted by Gasteiger charge is 2.27. The van der Waals surface area contributed by atoms with Crippen LogP contribution in [0, 0.1) is 6.92 Å². The average molecular weight is 450 g/mol. The molecule has 1 saturated heterocycles. The van der Waals surface area contributed by atoms with Crippen LogP contribution in [0.5, 0.6) is 0 Å². The summed E-state index contributed by atoms with van der Waals surface area (Å²) >= 11 is 4.93. The largest absolute Gasteiger partial charge is 0.349 e. The Morgan fingerprint density at radius 2 is 1.96 bits per heavy atom. The molecule has 1 fully saturated rings. The summed E-state index contributed by atoms with van der Waals surface area (Å²) in [6, 6.07) is 11.4. The molecule has 0 bridgehead atoms. The van der Waals surface area contributed by atoms with Crippen LogP contribution in [-0.4, -0.2) is 41.9 Å². The van der Waals surface area contributed by atoms with Crippen molar-refractivity contribution in [2.75, 3.05) is 18.4 Å². The van der Waals surface area contributed by atoms with Gasteiger partial charge < -0.3 is 10.6 Å². The number of rotatable bonds is 5. The number of carbonyl (C=O) groups excluding carboxylic acids is 2. The zero-order valence-electron chi connectivity index (χ0n) is 15.5. The number of thiophene rings is 1. The van der Waals surface area contributed by atoms with Gasteiger partial charge in [-0.15, -0.1) is 11.3 Å². The summed E-state index contributed by atoms with van der Waals surface area (Å²) < 4.78 is 0.936. The minimum Gasteiger partial charge on any atom is -0.349 e. The van der Waals surface area contributed by atoms with E-state index in [0.29, 0.717) is 0 Å². The third-order valence-corrected chi connectivity index (χ3v) is 6.34. The number of aryl methyl sites for hydroxylation is 1. The first-order valence-corrected chi connectivity index (χ1v) is 10.7. The fourth-order valence-corrected chi connectivity index (χ4v) is 4.39. The number of benzene rings is 1. The van der Waals surface area contributed by atoms with Crippen LogP contribution >= 0.6 is 27.3 Å². The van der Waals surface area contributed by atoms with Crippen molar-refractivity contribution in [1.82, 2.24) is 10.2 Å². The highest BCUT2D eigenvalue weighted by atomic mass is 79.9. The molecule has 1 aliphatic rings. The summed E-state index contributed by atoms with van der Waals surface area (Å²) in [5.41, 5.74) is 0.787. The first-order chi connectivity index (χ1) is 12.9. The van der Waals surface area contributed by atoms with Gasteiger partial charge in [0.05, 0.1) is 10.9 Å². The summed E-state index contributed by atoms with van der Waals surface area (Å²) in [5.74, 6) is -0.00311. The Bertz CT molecular complexity index is 815. The lowest BCUT2D eigenvalue weighted by molar-refractivity contribution is -0.121. The van der Waals surface area contributed by atoms with Crippen LogP contribution in [0.3, 0.4) is 0 Å². The molecular weight excluding hydrogens is 426 g/mol. The molecule has 1 aliphatic heterocycles. The molecule has 0 aliphatic carbocycles. The van der Waals surface area contributed by atoms with E-state index in [9.17, 15) is 9.59 Å². The lowest BCUT2D eigenvalue weighted by Gasteiger charge is -2.35. The zero-order chi connectivity index (χ0) is 19.4. The van der Waals surface area contributed by atoms with Gasteiger partial charge in [-0.3, -0.25) is 14.5 Å². The van der Waals surface area contributed by atoms with Crippen LogP contribution in [-0.2, 0) is 4.79 Å². The maximum absolute atomic E-state index is 12.5. The molecule has 27 heavy (non-hydrogen) atoms. The summed E-state index contributed by atoms with van der Waals surface area (Å²) in [7, 11) is 0. The lowest BCUT2D eigenvalue weighted by atomic mass is 10.0. The third-order valence-electron chi connectivity index (χ3n) is 4.85. The van der Waals surface area contributed by atoms with E-state index in [-0.39, 0.29) is 23.9 Å². The van der Waals surface area contributed by atoms with Gasteiger partial charge in [0, 0.05) is 34.2 Å². The maximum Gasteiger partial charge on any atom is 0.261 e. The van der Waals surface area contributed by atoms with E-state index in [2.05, 4.69) is 31.5 Å². The molecule has 7 heteroatoms. The number of hydrogen-bond donors (Lipinski definition) is 2. The normalized spacial score (nSPS) is 16.7. The first kappa shape index (κ1) is 20.0. The number of likely N-dealkylation sites (tertiary alicyclic amines) is 1. The van der Waals surface area contributed by atoms with E-state index in [1.165, 1.54) is 11.3 Å². The van der Waals surface area contributed by atoms with Crippen molar-refractivity contribution in [3.8, 4) is 0 Å². The van der Waals surface area contributed by atoms with E-state index >= 15 is 0 Å². The highest BCUT2D eigenvalue weighted by Crippen LogP contribution is 2.19. The van der Waals surface area contributed by atoms with Crippen molar-refractivity contribution in [2.24, 2.45) is 0 Å². The Morgan fingerprint density at radius 1 is 1.22 bits per heavy atom. The van der Waals surface area contributed by atoms with E-state index in [1.54, 1.807) is 0 Å². The Kier molecular flexibility index (Phi) is 6.68. The topological polar surface area (TPSA) is 61.4 Å². The average Bonchev–Trinajstić information content (AvgIpc) is 3.08. The number of hydrogen-bond acceptors (Lipinski definition) is 4. The second-order valence-corrected chi connectivity index (χ2v) is 9.07. The smallest absolute Gasteiger partial charge is 0.261 e. The number of halogens is 1. The molecule has 0 spiro atoms. The molecule has 2 heterocycles. The van der Waals surface area contributed by atoms with Gasteiger partial charge >= 0.3 is 0 Å². The first-order valence-electron chi connectivity index (χ1n) is 9.10. The van der Waals surface area contributed by atoms with Crippen molar-refractivity contribution in [3.05, 3.63) is 50.6 Å². The second kappa shape index (κ2) is 8.99. The summed E-state index contributed by atoms with van der Waals surface area (Å²) in [6.07, 6.45) is 1.70. The van der Waals surface area contributed by atoms with Crippen LogP contribution in [0.1, 0.15) is 34.3 Å². The summed E-state index contributed by atoms with van der Waals surface area (Å²) in [4.78, 5) is 28.9. The monoisotopic (exact) mass is 449 g/mol. The quantitative estimate of drug-likeness (QED) is 0.723. The van der Waals surface area contributed by atoms with E-state index < -0.39 is 0 Å². The van der Waals surface area contributed by atoms with Gasteiger partial charge in [0.15, 0.2) is 0 Å². The molecule has 1 aromatic carbocycles. The van der Waals surface area contributed by atoms with Gasteiger partial charge in [0.25, 0.3) is 5.91 Å². The maximum atomic E-state index is 12.5. The molecule has 0 saturated carbocycles. The van der Waals surface area contributed by atoms with Crippen molar-refractivity contribution < 1.29 is 9.59 Å². The number of piperidine rings is 1. The van der Waals surface area contributed by atoms with Crippen molar-refractivity contribution in [3.63, 3.8) is 0 Å². The van der Waals surface area contributed by atoms with E-state index in [4.69, 9.17) is 0 Å². The van der Waals surface area contributed by atoms with Crippen molar-refractivity contribution in [1.29, 1.82) is 0 Å². The fourth-order valence-electron chi connectivity index (χ4n) is 3.22. The highest BCUT2D eigenvalue weighted by molar-refractivity contribution is 9.10. The van der Waals surface area contributed by atoms with Gasteiger partial charge in [-0.2, -0.15) is 0 Å². The Balaban J connectivity index is 1.48. The van der Waals surface area contributed by atoms with Crippen molar-refractivity contribution >= 4 is 44.8 Å². The predicted molar refractivity (Wildman–Crippen MR) is 113 cm³/mol. The fraction of sp³-hybridized carbons (Fsp3) is 0.400. The molecule has 2 amide bonds. The number of carbonyl (C=O) groups is 2. The molecule has 2 aromatic rings. The van der Waals surface area contributed by atoms with Gasteiger partial charge in [0.2, 0.25) is 5.91 Å². The van der Waals surface area contributed by atoms with Gasteiger partial charge in [-0.1, -0.05) is 22.0 Å². The summed E-state index contributed by atoms with van der Waals surface area (Å²) in [5, 5.41) is 6.09. The molecule has 0 radical (unpaired) electrons. The SMILES string of the molecule is Cc1ccc(C(=O)NC2CCN(C(C)C(=O)Nc3cccc(Br)c3)CC2)s1. The van der Waals surface area contributed by atoms with Gasteiger partial charge in [0.1, 0.15) is 0 Å². The molecule has 1 aromatic heterocycles. The van der Waals surface area contributed by atoms with E-state index in [1.807, 2.05) is 50.2 Å². The second-order valence-electron chi connectivity index (χ2n) is 6.87. The standard InChI is InChI=1S/C20H24BrN3O2S/c1-13-6-7-18(27-13)20(26)22-16-8-10-24(11-9-16)14(2)19(25)23-17-5-3-4-15(21)12-17/h3-7,12,14,16H,8-11H2,1-2H3,(H,22,26)(H,23,25). The minimum absolute atomic E-state index is 0.00648. The predicted octanol–water partition coefficient (Wildman–Crippen LogP) is 4.04. The van der Waals surface area contributed by atoms with Crippen LogP contribution in [0.15, 0.2) is 40.9 Å². The van der Waals surface area contributed by atoms with Crippen LogP contribution < -0.4 is 10.6 Å². The Labute approximate surface area is 172 Å². The molecule has 5 nitrogen and oxygen atoms in total. The van der Waals surface area contributed by atoms with E-state index in [0.717, 1.165) is 45.8 Å². The zero-order valence-corrected chi connectivity index (χ0v) is 17.9.